The Morgan fingerprint density at radius 2 is 1.53 bits per heavy atom. The minimum atomic E-state index is -0.181. The smallest absolute Gasteiger partial charge is 0.327 e. The first-order chi connectivity index (χ1) is 15.7. The molecule has 1 aliphatic rings. The molecule has 162 valence electrons. The van der Waals surface area contributed by atoms with Gasteiger partial charge in [0, 0.05) is 9.79 Å². The van der Waals surface area contributed by atoms with Crippen LogP contribution in [-0.2, 0) is 13.1 Å². The van der Waals surface area contributed by atoms with Crippen LogP contribution in [0.1, 0.15) is 11.1 Å². The minimum absolute atomic E-state index is 0.181. The molecule has 0 radical (unpaired) electrons. The molecule has 0 atom stereocenters. The zero-order chi connectivity index (χ0) is 22.1. The number of anilines is 1. The number of hydrogen-bond donors (Lipinski definition) is 2. The van der Waals surface area contributed by atoms with Crippen molar-refractivity contribution in [1.82, 2.24) is 19.1 Å². The van der Waals surface area contributed by atoms with Gasteiger partial charge in [0.1, 0.15) is 17.2 Å². The highest BCUT2D eigenvalue weighted by Crippen LogP contribution is 2.34. The summed E-state index contributed by atoms with van der Waals surface area (Å²) in [5, 5.41) is 3.18. The SMILES string of the molecule is CSc1ccc(Cn2cnc3c2N=CNc2c-3[nH]c(=O)n2Cc2ccc(SC)cc2)cc1. The second-order valence-corrected chi connectivity index (χ2v) is 9.14. The number of benzene rings is 2. The predicted octanol–water partition coefficient (Wildman–Crippen LogP) is 4.67. The molecule has 4 aromatic rings. The second kappa shape index (κ2) is 8.76. The van der Waals surface area contributed by atoms with Crippen LogP contribution in [0.25, 0.3) is 11.4 Å². The third kappa shape index (κ3) is 3.89. The van der Waals surface area contributed by atoms with Gasteiger partial charge >= 0.3 is 5.69 Å². The lowest BCUT2D eigenvalue weighted by molar-refractivity contribution is 0.770. The van der Waals surface area contributed by atoms with Crippen LogP contribution in [0.2, 0.25) is 0 Å². The predicted molar refractivity (Wildman–Crippen MR) is 133 cm³/mol. The summed E-state index contributed by atoms with van der Waals surface area (Å²) >= 11 is 3.42. The fourth-order valence-electron chi connectivity index (χ4n) is 3.74. The molecule has 0 unspecified atom stereocenters. The molecule has 2 aromatic heterocycles. The van der Waals surface area contributed by atoms with Crippen molar-refractivity contribution in [3.8, 4) is 11.4 Å². The summed E-state index contributed by atoms with van der Waals surface area (Å²) in [5.74, 6) is 1.38. The van der Waals surface area contributed by atoms with Crippen molar-refractivity contribution in [2.24, 2.45) is 4.99 Å². The fourth-order valence-corrected chi connectivity index (χ4v) is 4.56. The number of H-pyrrole nitrogens is 1. The lowest BCUT2D eigenvalue weighted by atomic mass is 10.2. The van der Waals surface area contributed by atoms with Crippen LogP contribution in [0.15, 0.2) is 74.4 Å². The van der Waals surface area contributed by atoms with Crippen LogP contribution in [-0.4, -0.2) is 38.0 Å². The van der Waals surface area contributed by atoms with E-state index in [4.69, 9.17) is 0 Å². The monoisotopic (exact) mass is 462 g/mol. The van der Waals surface area contributed by atoms with Crippen LogP contribution in [0.3, 0.4) is 0 Å². The average Bonchev–Trinajstić information content (AvgIpc) is 3.29. The number of aromatic amines is 1. The van der Waals surface area contributed by atoms with Gasteiger partial charge in [-0.1, -0.05) is 24.3 Å². The summed E-state index contributed by atoms with van der Waals surface area (Å²) in [6, 6.07) is 16.7. The molecule has 1 aliphatic heterocycles. The molecule has 0 aliphatic carbocycles. The Bertz CT molecular complexity index is 1330. The number of hydrogen-bond acceptors (Lipinski definition) is 6. The van der Waals surface area contributed by atoms with Gasteiger partial charge in [-0.05, 0) is 47.9 Å². The van der Waals surface area contributed by atoms with Crippen molar-refractivity contribution >= 4 is 41.5 Å². The number of aliphatic imine (C=N–C) groups is 1. The number of imidazole rings is 2. The highest BCUT2D eigenvalue weighted by molar-refractivity contribution is 7.98. The van der Waals surface area contributed by atoms with Gasteiger partial charge < -0.3 is 14.9 Å². The molecule has 32 heavy (non-hydrogen) atoms. The Morgan fingerprint density at radius 3 is 2.16 bits per heavy atom. The molecule has 0 saturated carbocycles. The summed E-state index contributed by atoms with van der Waals surface area (Å²) in [5.41, 5.74) is 3.35. The quantitative estimate of drug-likeness (QED) is 0.407. The van der Waals surface area contributed by atoms with Crippen molar-refractivity contribution in [3.05, 3.63) is 76.5 Å². The van der Waals surface area contributed by atoms with Gasteiger partial charge in [-0.3, -0.25) is 4.57 Å². The summed E-state index contributed by atoms with van der Waals surface area (Å²) in [6.07, 6.45) is 7.51. The van der Waals surface area contributed by atoms with E-state index in [9.17, 15) is 4.79 Å². The maximum Gasteiger partial charge on any atom is 0.327 e. The minimum Gasteiger partial charge on any atom is -0.330 e. The van der Waals surface area contributed by atoms with Gasteiger partial charge in [0.05, 0.1) is 25.8 Å². The summed E-state index contributed by atoms with van der Waals surface area (Å²) in [6.45, 7) is 1.11. The molecule has 7 nitrogen and oxygen atoms in total. The number of fused-ring (bicyclic) bond motifs is 3. The largest absolute Gasteiger partial charge is 0.330 e. The topological polar surface area (TPSA) is 80.0 Å². The summed E-state index contributed by atoms with van der Waals surface area (Å²) in [7, 11) is 0. The molecule has 0 amide bonds. The molecular formula is C23H22N6OS2. The van der Waals surface area contributed by atoms with Crippen LogP contribution in [0, 0.1) is 0 Å². The van der Waals surface area contributed by atoms with Crippen molar-refractivity contribution in [2.75, 3.05) is 17.8 Å². The molecule has 0 bridgehead atoms. The van der Waals surface area contributed by atoms with E-state index in [-0.39, 0.29) is 5.69 Å². The maximum atomic E-state index is 12.8. The molecule has 5 rings (SSSR count). The first-order valence-electron chi connectivity index (χ1n) is 10.1. The van der Waals surface area contributed by atoms with E-state index in [1.807, 2.05) is 23.0 Å². The van der Waals surface area contributed by atoms with Crippen molar-refractivity contribution in [1.29, 1.82) is 0 Å². The van der Waals surface area contributed by atoms with Crippen molar-refractivity contribution in [2.45, 2.75) is 22.9 Å². The first kappa shape index (κ1) is 20.7. The zero-order valence-corrected chi connectivity index (χ0v) is 19.3. The molecule has 3 heterocycles. The Hall–Kier alpha value is -3.17. The van der Waals surface area contributed by atoms with Gasteiger partial charge in [0.25, 0.3) is 0 Å². The van der Waals surface area contributed by atoms with Gasteiger partial charge in [-0.2, -0.15) is 0 Å². The molecule has 0 spiro atoms. The normalized spacial score (nSPS) is 12.2. The number of thioether (sulfide) groups is 2. The van der Waals surface area contributed by atoms with E-state index in [0.717, 1.165) is 11.1 Å². The van der Waals surface area contributed by atoms with Crippen molar-refractivity contribution < 1.29 is 0 Å². The molecule has 9 heteroatoms. The molecule has 2 N–H and O–H groups in total. The van der Waals surface area contributed by atoms with Crippen LogP contribution in [0.5, 0.6) is 0 Å². The van der Waals surface area contributed by atoms with E-state index in [1.54, 1.807) is 40.8 Å². The molecule has 0 saturated heterocycles. The fraction of sp³-hybridized carbons (Fsp3) is 0.174. The highest BCUT2D eigenvalue weighted by Gasteiger charge is 2.23. The summed E-state index contributed by atoms with van der Waals surface area (Å²) in [4.78, 5) is 27.4. The second-order valence-electron chi connectivity index (χ2n) is 7.38. The van der Waals surface area contributed by atoms with E-state index >= 15 is 0 Å². The van der Waals surface area contributed by atoms with Gasteiger partial charge in [-0.15, -0.1) is 23.5 Å². The third-order valence-electron chi connectivity index (χ3n) is 5.43. The molecule has 0 fully saturated rings. The lowest BCUT2D eigenvalue weighted by Crippen LogP contribution is -2.19. The van der Waals surface area contributed by atoms with E-state index in [0.29, 0.717) is 36.1 Å². The Morgan fingerprint density at radius 1 is 0.906 bits per heavy atom. The van der Waals surface area contributed by atoms with Gasteiger partial charge in [0.2, 0.25) is 0 Å². The molecule has 2 aromatic carbocycles. The third-order valence-corrected chi connectivity index (χ3v) is 6.92. The van der Waals surface area contributed by atoms with Gasteiger partial charge in [0.15, 0.2) is 5.82 Å². The Labute approximate surface area is 194 Å². The Balaban J connectivity index is 1.47. The number of aromatic nitrogens is 4. The standard InChI is InChI=1S/C23H22N6OS2/c1-31-17-7-3-15(4-8-17)11-28-14-26-19-20-22(25-13-24-21(19)28)29(23(30)27-20)12-16-5-9-18(32-2)10-6-16/h3-10,13-14H,11-12H2,1-2H3,(H,24,25)(H,27,30). The van der Waals surface area contributed by atoms with Crippen LogP contribution >= 0.6 is 23.5 Å². The van der Waals surface area contributed by atoms with Crippen LogP contribution < -0.4 is 11.0 Å². The average molecular weight is 463 g/mol. The Kier molecular flexibility index (Phi) is 5.67. The van der Waals surface area contributed by atoms with E-state index < -0.39 is 0 Å². The van der Waals surface area contributed by atoms with Crippen molar-refractivity contribution in [3.63, 3.8) is 0 Å². The van der Waals surface area contributed by atoms with Crippen LogP contribution in [0.4, 0.5) is 11.6 Å². The maximum absolute atomic E-state index is 12.8. The van der Waals surface area contributed by atoms with E-state index in [2.05, 4.69) is 62.9 Å². The highest BCUT2D eigenvalue weighted by atomic mass is 32.2. The lowest BCUT2D eigenvalue weighted by Gasteiger charge is -2.08. The van der Waals surface area contributed by atoms with Gasteiger partial charge in [-0.25, -0.2) is 14.8 Å². The molecular weight excluding hydrogens is 440 g/mol. The van der Waals surface area contributed by atoms with E-state index in [1.165, 1.54) is 9.79 Å². The number of nitrogens with one attached hydrogen (secondary N) is 2. The number of nitrogens with zero attached hydrogens (tertiary/aromatic N) is 4. The summed E-state index contributed by atoms with van der Waals surface area (Å²) < 4.78 is 3.68. The first-order valence-corrected chi connectivity index (χ1v) is 12.5. The zero-order valence-electron chi connectivity index (χ0n) is 17.7. The number of rotatable bonds is 6.